The quantitative estimate of drug-likeness (QED) is 0.423. The summed E-state index contributed by atoms with van der Waals surface area (Å²) in [6.07, 6.45) is 0. The molecule has 31 valence electrons. The van der Waals surface area contributed by atoms with Gasteiger partial charge < -0.3 is 0 Å². The molecule has 0 atom stereocenters. The van der Waals surface area contributed by atoms with E-state index in [0.717, 1.165) is 0 Å². The van der Waals surface area contributed by atoms with Gasteiger partial charge in [-0.15, -0.1) is 0 Å². The van der Waals surface area contributed by atoms with Crippen molar-refractivity contribution in [3.63, 3.8) is 0 Å². The zero-order valence-corrected chi connectivity index (χ0v) is 8.78. The zero-order chi connectivity index (χ0) is 0. The maximum absolute atomic E-state index is 0. The second kappa shape index (κ2) is 17.9. The van der Waals surface area contributed by atoms with Gasteiger partial charge in [-0.25, -0.2) is 0 Å². The van der Waals surface area contributed by atoms with E-state index in [1.807, 2.05) is 0 Å². The predicted octanol–water partition coefficient (Wildman–Crippen LogP) is -0.388. The van der Waals surface area contributed by atoms with Crippen LogP contribution in [0.4, 0.5) is 0 Å². The van der Waals surface area contributed by atoms with Crippen molar-refractivity contribution in [2.24, 2.45) is 0 Å². The smallest absolute Gasteiger partial charge is 0 e. The molecule has 0 aromatic heterocycles. The van der Waals surface area contributed by atoms with Gasteiger partial charge in [0.05, 0.1) is 0 Å². The van der Waals surface area contributed by atoms with Gasteiger partial charge in [0.2, 0.25) is 0 Å². The molecule has 0 unspecified atom stereocenters. The van der Waals surface area contributed by atoms with Crippen LogP contribution >= 0.6 is 0 Å². The molecule has 0 spiro atoms. The third-order valence-corrected chi connectivity index (χ3v) is 0. The fourth-order valence-corrected chi connectivity index (χ4v) is 0. The Kier molecular flexibility index (Phi) is 141. The van der Waals surface area contributed by atoms with Crippen LogP contribution in [0.2, 0.25) is 0 Å². The molecule has 0 aromatic rings. The van der Waals surface area contributed by atoms with Crippen molar-refractivity contribution < 1.29 is 60.5 Å². The van der Waals surface area contributed by atoms with Gasteiger partial charge in [-0.1, -0.05) is 0 Å². The second-order valence-electron chi connectivity index (χ2n) is 0. The minimum atomic E-state index is 0. The van der Waals surface area contributed by atoms with E-state index < -0.39 is 0 Å². The molecule has 0 nitrogen and oxygen atoms in total. The van der Waals surface area contributed by atoms with Gasteiger partial charge in [0.15, 0.2) is 0 Å². The van der Waals surface area contributed by atoms with Crippen LogP contribution in [0.25, 0.3) is 0 Å². The van der Waals surface area contributed by atoms with Gasteiger partial charge in [-0.2, -0.15) is 0 Å². The second-order valence-corrected chi connectivity index (χ2v) is 0. The van der Waals surface area contributed by atoms with Gasteiger partial charge in [0.1, 0.15) is 0 Å². The van der Waals surface area contributed by atoms with Crippen LogP contribution in [-0.2, 0) is 60.5 Å². The van der Waals surface area contributed by atoms with E-state index in [9.17, 15) is 0 Å². The molecule has 0 rings (SSSR count). The molecule has 0 aliphatic heterocycles. The van der Waals surface area contributed by atoms with Crippen LogP contribution in [0.15, 0.2) is 0 Å². The summed E-state index contributed by atoms with van der Waals surface area (Å²) in [4.78, 5) is 0. The molecule has 0 heterocycles. The Balaban J connectivity index is 0. The molecule has 0 saturated heterocycles. The fraction of sp³-hybridized carbons (Fsp3) is 0. The summed E-state index contributed by atoms with van der Waals surface area (Å²) in [5.41, 5.74) is 0. The van der Waals surface area contributed by atoms with E-state index in [-0.39, 0.29) is 77.9 Å². The molecular weight excluding hydrogens is 471 g/mol. The van der Waals surface area contributed by atoms with E-state index in [4.69, 9.17) is 0 Å². The van der Waals surface area contributed by atoms with Gasteiger partial charge in [-0.3, -0.25) is 0 Å². The largest absolute Gasteiger partial charge is 0 e. The molecule has 0 aromatic carbocycles. The first-order chi connectivity index (χ1) is 0. The van der Waals surface area contributed by atoms with Crippen molar-refractivity contribution in [1.29, 1.82) is 0 Å². The van der Waals surface area contributed by atoms with E-state index in [2.05, 4.69) is 0 Å². The summed E-state index contributed by atoms with van der Waals surface area (Å²) in [5, 5.41) is 0. The van der Waals surface area contributed by atoms with Crippen molar-refractivity contribution >= 4 is 17.4 Å². The van der Waals surface area contributed by atoms with E-state index in [1.165, 1.54) is 0 Å². The van der Waals surface area contributed by atoms with Crippen LogP contribution in [0.1, 0.15) is 0 Å². The van der Waals surface area contributed by atoms with Crippen molar-refractivity contribution in [3.05, 3.63) is 0 Å². The Morgan fingerprint density at radius 3 is 1.00 bits per heavy atom. The average molecular weight is 471 g/mol. The summed E-state index contributed by atoms with van der Waals surface area (Å²) in [7, 11) is 0. The molecule has 0 bridgehead atoms. The molecular formula is AlAuCuW. The molecule has 0 aliphatic rings. The topological polar surface area (TPSA) is 0 Å². The Labute approximate surface area is 76.9 Å². The fourth-order valence-electron chi connectivity index (χ4n) is 0. The summed E-state index contributed by atoms with van der Waals surface area (Å²) in [6.45, 7) is 0. The molecule has 0 fully saturated rings. The number of hydrogen-bond donors (Lipinski definition) is 0. The minimum absolute atomic E-state index is 0. The van der Waals surface area contributed by atoms with Gasteiger partial charge in [-0.05, 0) is 0 Å². The molecule has 0 N–H and O–H groups in total. The molecule has 0 aliphatic carbocycles. The van der Waals surface area contributed by atoms with Crippen LogP contribution in [0, 0.1) is 0 Å². The van der Waals surface area contributed by atoms with Crippen molar-refractivity contribution in [3.8, 4) is 0 Å². The van der Waals surface area contributed by atoms with Gasteiger partial charge in [0, 0.05) is 77.9 Å². The van der Waals surface area contributed by atoms with Gasteiger partial charge in [0.25, 0.3) is 0 Å². The monoisotopic (exact) mass is 471 g/mol. The van der Waals surface area contributed by atoms with Crippen LogP contribution in [0.3, 0.4) is 0 Å². The number of hydrogen-bond acceptors (Lipinski definition) is 0. The maximum Gasteiger partial charge on any atom is 0 e. The first-order valence-corrected chi connectivity index (χ1v) is 0. The van der Waals surface area contributed by atoms with Crippen LogP contribution < -0.4 is 0 Å². The maximum atomic E-state index is 0. The molecule has 4 heteroatoms. The van der Waals surface area contributed by atoms with Crippen LogP contribution in [-0.4, -0.2) is 17.4 Å². The Morgan fingerprint density at radius 2 is 1.00 bits per heavy atom. The molecule has 0 saturated carbocycles. The van der Waals surface area contributed by atoms with Crippen molar-refractivity contribution in [1.82, 2.24) is 0 Å². The van der Waals surface area contributed by atoms with Crippen molar-refractivity contribution in [2.45, 2.75) is 0 Å². The van der Waals surface area contributed by atoms with E-state index in [0.29, 0.717) is 0 Å². The molecule has 4 heavy (non-hydrogen) atoms. The van der Waals surface area contributed by atoms with Crippen molar-refractivity contribution in [2.75, 3.05) is 0 Å². The van der Waals surface area contributed by atoms with E-state index in [1.54, 1.807) is 0 Å². The van der Waals surface area contributed by atoms with E-state index >= 15 is 0 Å². The van der Waals surface area contributed by atoms with Crippen LogP contribution in [0.5, 0.6) is 0 Å². The summed E-state index contributed by atoms with van der Waals surface area (Å²) in [6, 6.07) is 0. The Bertz CT molecular complexity index is 8.00. The SMILES string of the molecule is [Al].[Au].[Cu].[W]. The summed E-state index contributed by atoms with van der Waals surface area (Å²) < 4.78 is 0. The third kappa shape index (κ3) is 8.82. The normalized spacial score (nSPS) is 0. The Hall–Kier alpha value is 2.48. The summed E-state index contributed by atoms with van der Waals surface area (Å²) in [5.74, 6) is 0. The number of rotatable bonds is 0. The standard InChI is InChI=1S/Al.Au.Cu.W. The average Bonchev–Trinajstić information content (AvgIpc) is 0. The molecule has 0 amide bonds. The zero-order valence-electron chi connectivity index (χ0n) is 1.59. The van der Waals surface area contributed by atoms with Gasteiger partial charge >= 0.3 is 0 Å². The third-order valence-electron chi connectivity index (χ3n) is 0. The first-order valence-electron chi connectivity index (χ1n) is 0. The minimum Gasteiger partial charge on any atom is 0 e. The first kappa shape index (κ1) is 31.6. The molecule has 5 radical (unpaired) electrons. The summed E-state index contributed by atoms with van der Waals surface area (Å²) >= 11 is 0. The predicted molar refractivity (Wildman–Crippen MR) is 5.75 cm³/mol. The Morgan fingerprint density at radius 1 is 1.00 bits per heavy atom.